The second kappa shape index (κ2) is 10.6. The number of rotatable bonds is 9. The van der Waals surface area contributed by atoms with Gasteiger partial charge in [0.1, 0.15) is 24.4 Å². The Morgan fingerprint density at radius 2 is 1.77 bits per heavy atom. The van der Waals surface area contributed by atoms with Gasteiger partial charge in [0.05, 0.1) is 10.5 Å². The van der Waals surface area contributed by atoms with E-state index in [0.29, 0.717) is 17.4 Å². The maximum absolute atomic E-state index is 12.8. The summed E-state index contributed by atoms with van der Waals surface area (Å²) in [5.41, 5.74) is -1.07. The highest BCUT2D eigenvalue weighted by atomic mass is 19.4. The zero-order chi connectivity index (χ0) is 25.6. The largest absolute Gasteiger partial charge is 0.416 e. The average molecular weight is 491 g/mol. The number of amides is 2. The molecule has 3 rings (SSSR count). The van der Waals surface area contributed by atoms with Crippen LogP contribution in [0.15, 0.2) is 55.1 Å². The molecular formula is C21H20F3N7O4. The Morgan fingerprint density at radius 1 is 1.11 bits per heavy atom. The molecule has 0 aliphatic rings. The molecule has 2 aromatic carbocycles. The van der Waals surface area contributed by atoms with Crippen molar-refractivity contribution >= 4 is 34.6 Å². The number of hydrogen-bond acceptors (Lipinski definition) is 7. The van der Waals surface area contributed by atoms with E-state index in [0.717, 1.165) is 12.1 Å². The number of alkyl halides is 3. The molecule has 0 radical (unpaired) electrons. The lowest BCUT2D eigenvalue weighted by atomic mass is 10.1. The lowest BCUT2D eigenvalue weighted by Gasteiger charge is -2.13. The molecule has 0 bridgehead atoms. The second-order valence-electron chi connectivity index (χ2n) is 7.33. The maximum atomic E-state index is 12.8. The van der Waals surface area contributed by atoms with Gasteiger partial charge in [0.15, 0.2) is 0 Å². The molecule has 11 nitrogen and oxygen atoms in total. The summed E-state index contributed by atoms with van der Waals surface area (Å²) in [5, 5.41) is 23.0. The molecule has 35 heavy (non-hydrogen) atoms. The van der Waals surface area contributed by atoms with Crippen LogP contribution in [0.4, 0.5) is 35.9 Å². The van der Waals surface area contributed by atoms with Gasteiger partial charge in [-0.1, -0.05) is 0 Å². The van der Waals surface area contributed by atoms with Crippen molar-refractivity contribution in [2.45, 2.75) is 25.6 Å². The van der Waals surface area contributed by atoms with E-state index < -0.39 is 34.3 Å². The lowest BCUT2D eigenvalue weighted by Crippen LogP contribution is -2.24. The lowest BCUT2D eigenvalue weighted by molar-refractivity contribution is -0.384. The summed E-state index contributed by atoms with van der Waals surface area (Å²) in [4.78, 5) is 38.4. The zero-order valence-electron chi connectivity index (χ0n) is 18.2. The molecule has 1 atom stereocenters. The Balaban J connectivity index is 1.50. The fourth-order valence-corrected chi connectivity index (χ4v) is 2.96. The van der Waals surface area contributed by atoms with Crippen LogP contribution in [0.2, 0.25) is 0 Å². The van der Waals surface area contributed by atoms with Crippen molar-refractivity contribution in [1.82, 2.24) is 14.8 Å². The van der Waals surface area contributed by atoms with Crippen molar-refractivity contribution < 1.29 is 27.7 Å². The van der Waals surface area contributed by atoms with Crippen LogP contribution < -0.4 is 16.0 Å². The van der Waals surface area contributed by atoms with Crippen LogP contribution in [0.1, 0.15) is 24.9 Å². The molecule has 3 N–H and O–H groups in total. The second-order valence-corrected chi connectivity index (χ2v) is 7.33. The Morgan fingerprint density at radius 3 is 2.34 bits per heavy atom. The van der Waals surface area contributed by atoms with E-state index in [1.165, 1.54) is 17.3 Å². The van der Waals surface area contributed by atoms with Gasteiger partial charge < -0.3 is 16.0 Å². The number of hydrogen-bond donors (Lipinski definition) is 3. The number of benzene rings is 2. The van der Waals surface area contributed by atoms with Crippen LogP contribution in [0.5, 0.6) is 0 Å². The molecule has 1 heterocycles. The molecule has 0 aliphatic heterocycles. The fourth-order valence-electron chi connectivity index (χ4n) is 2.96. The monoisotopic (exact) mass is 491 g/mol. The first-order valence-electron chi connectivity index (χ1n) is 10.2. The van der Waals surface area contributed by atoms with E-state index >= 15 is 0 Å². The summed E-state index contributed by atoms with van der Waals surface area (Å²) < 4.78 is 39.8. The molecule has 184 valence electrons. The van der Waals surface area contributed by atoms with Crippen LogP contribution >= 0.6 is 0 Å². The van der Waals surface area contributed by atoms with Crippen molar-refractivity contribution in [2.75, 3.05) is 22.5 Å². The summed E-state index contributed by atoms with van der Waals surface area (Å²) in [5.74, 6) is -0.737. The molecule has 1 unspecified atom stereocenters. The highest BCUT2D eigenvalue weighted by molar-refractivity contribution is 5.94. The number of carbonyl (C=O) groups is 2. The summed E-state index contributed by atoms with van der Waals surface area (Å²) in [7, 11) is 0. The highest BCUT2D eigenvalue weighted by Crippen LogP contribution is 2.34. The van der Waals surface area contributed by atoms with Gasteiger partial charge in [-0.25, -0.2) is 9.67 Å². The molecule has 0 saturated carbocycles. The molecule has 3 aromatic rings. The summed E-state index contributed by atoms with van der Waals surface area (Å²) in [6.07, 6.45) is -2.07. The standard InChI is InChI=1S/C21H20F3N7O4/c1-13(30-12-25-11-27-30)20(33)29-16-5-3-15(4-6-16)28-19(32)8-9-26-17-7-2-14(21(22,23)24)10-18(17)31(34)35/h2-7,10-13,26H,8-9H2,1H3,(H,28,32)(H,29,33). The zero-order valence-corrected chi connectivity index (χ0v) is 18.2. The predicted octanol–water partition coefficient (Wildman–Crippen LogP) is 3.85. The quantitative estimate of drug-likeness (QED) is 0.305. The predicted molar refractivity (Wildman–Crippen MR) is 120 cm³/mol. The van der Waals surface area contributed by atoms with Crippen LogP contribution in [-0.2, 0) is 15.8 Å². The van der Waals surface area contributed by atoms with Crippen LogP contribution in [0, 0.1) is 10.1 Å². The first kappa shape index (κ1) is 25.1. The topological polar surface area (TPSA) is 144 Å². The van der Waals surface area contributed by atoms with Gasteiger partial charge in [-0.05, 0) is 43.3 Å². The van der Waals surface area contributed by atoms with Gasteiger partial charge in [0.25, 0.3) is 5.69 Å². The van der Waals surface area contributed by atoms with Gasteiger partial charge in [-0.15, -0.1) is 0 Å². The number of nitro benzene ring substituents is 1. The average Bonchev–Trinajstić information content (AvgIpc) is 3.34. The minimum absolute atomic E-state index is 0.0493. The third kappa shape index (κ3) is 6.75. The normalized spacial score (nSPS) is 12.0. The van der Waals surface area contributed by atoms with Crippen molar-refractivity contribution in [3.8, 4) is 0 Å². The fraction of sp³-hybridized carbons (Fsp3) is 0.238. The molecule has 0 aliphatic carbocycles. The SMILES string of the molecule is CC(C(=O)Nc1ccc(NC(=O)CCNc2ccc(C(F)(F)F)cc2[N+](=O)[O-])cc1)n1cncn1. The number of nitrogens with one attached hydrogen (secondary N) is 3. The summed E-state index contributed by atoms with van der Waals surface area (Å²) >= 11 is 0. The van der Waals surface area contributed by atoms with Gasteiger partial charge in [-0.2, -0.15) is 18.3 Å². The first-order chi connectivity index (χ1) is 16.5. The van der Waals surface area contributed by atoms with Crippen molar-refractivity contribution in [2.24, 2.45) is 0 Å². The van der Waals surface area contributed by atoms with Crippen LogP contribution in [-0.4, -0.2) is 38.0 Å². The van der Waals surface area contributed by atoms with Gasteiger partial charge in [0.2, 0.25) is 11.8 Å². The van der Waals surface area contributed by atoms with Gasteiger partial charge >= 0.3 is 6.18 Å². The van der Waals surface area contributed by atoms with E-state index in [1.807, 2.05) is 0 Å². The first-order valence-corrected chi connectivity index (χ1v) is 10.2. The molecule has 2 amide bonds. The van der Waals surface area contributed by atoms with Crippen molar-refractivity contribution in [1.29, 1.82) is 0 Å². The summed E-state index contributed by atoms with van der Waals surface area (Å²) in [6, 6.07) is 7.86. The van der Waals surface area contributed by atoms with E-state index in [9.17, 15) is 32.9 Å². The third-order valence-electron chi connectivity index (χ3n) is 4.84. The molecule has 14 heteroatoms. The number of carbonyl (C=O) groups excluding carboxylic acids is 2. The Bertz CT molecular complexity index is 1200. The smallest absolute Gasteiger partial charge is 0.379 e. The minimum Gasteiger partial charge on any atom is -0.379 e. The third-order valence-corrected chi connectivity index (χ3v) is 4.84. The van der Waals surface area contributed by atoms with Gasteiger partial charge in [-0.3, -0.25) is 19.7 Å². The van der Waals surface area contributed by atoms with E-state index in [-0.39, 0.29) is 24.6 Å². The van der Waals surface area contributed by atoms with Crippen molar-refractivity contribution in [3.05, 3.63) is 70.8 Å². The van der Waals surface area contributed by atoms with E-state index in [4.69, 9.17) is 0 Å². The van der Waals surface area contributed by atoms with Gasteiger partial charge in [0, 0.05) is 30.4 Å². The molecule has 1 aromatic heterocycles. The molecular weight excluding hydrogens is 471 g/mol. The minimum atomic E-state index is -4.71. The Hall–Kier alpha value is -4.49. The molecule has 0 spiro atoms. The van der Waals surface area contributed by atoms with Crippen LogP contribution in [0.3, 0.4) is 0 Å². The Kier molecular flexibility index (Phi) is 7.63. The maximum Gasteiger partial charge on any atom is 0.416 e. The van der Waals surface area contributed by atoms with Crippen molar-refractivity contribution in [3.63, 3.8) is 0 Å². The number of nitro groups is 1. The number of halogens is 3. The number of anilines is 3. The summed E-state index contributed by atoms with van der Waals surface area (Å²) in [6.45, 7) is 1.61. The van der Waals surface area contributed by atoms with E-state index in [2.05, 4.69) is 26.0 Å². The Labute approximate surface area is 196 Å². The molecule has 0 fully saturated rings. The molecule has 0 saturated heterocycles. The number of aromatic nitrogens is 3. The van der Waals surface area contributed by atoms with E-state index in [1.54, 1.807) is 31.2 Å². The van der Waals surface area contributed by atoms with Crippen LogP contribution in [0.25, 0.3) is 0 Å². The number of nitrogens with zero attached hydrogens (tertiary/aromatic N) is 4. The highest BCUT2D eigenvalue weighted by Gasteiger charge is 2.33.